The zero-order chi connectivity index (χ0) is 29.5. The van der Waals surface area contributed by atoms with Gasteiger partial charge >= 0.3 is 0 Å². The molecule has 2 fully saturated rings. The molecular formula is C33H36N6O3. The molecule has 2 N–H and O–H groups in total. The lowest BCUT2D eigenvalue weighted by molar-refractivity contribution is -0.127. The number of carbonyl (C=O) groups is 3. The Balaban J connectivity index is 1.31. The molecule has 0 aromatic heterocycles. The molecule has 216 valence electrons. The van der Waals surface area contributed by atoms with Gasteiger partial charge in [-0.2, -0.15) is 5.26 Å². The molecule has 5 rings (SSSR count). The first kappa shape index (κ1) is 28.7. The predicted octanol–water partition coefficient (Wildman–Crippen LogP) is 4.19. The van der Waals surface area contributed by atoms with E-state index in [0.717, 1.165) is 44.8 Å². The molecule has 2 aliphatic heterocycles. The summed E-state index contributed by atoms with van der Waals surface area (Å²) in [6.45, 7) is 7.14. The molecule has 0 spiro atoms. The summed E-state index contributed by atoms with van der Waals surface area (Å²) in [5.41, 5.74) is 5.06. The van der Waals surface area contributed by atoms with Crippen LogP contribution in [0.3, 0.4) is 0 Å². The van der Waals surface area contributed by atoms with Gasteiger partial charge in [0.15, 0.2) is 0 Å². The van der Waals surface area contributed by atoms with Gasteiger partial charge in [0.25, 0.3) is 11.8 Å². The van der Waals surface area contributed by atoms with E-state index in [1.807, 2.05) is 17.0 Å². The molecule has 3 aromatic rings. The maximum absolute atomic E-state index is 13.3. The van der Waals surface area contributed by atoms with Gasteiger partial charge in [-0.1, -0.05) is 24.3 Å². The molecule has 9 nitrogen and oxygen atoms in total. The van der Waals surface area contributed by atoms with Gasteiger partial charge in [-0.15, -0.1) is 0 Å². The number of nitrogens with one attached hydrogen (secondary N) is 2. The van der Waals surface area contributed by atoms with Crippen molar-refractivity contribution in [3.63, 3.8) is 0 Å². The fourth-order valence-electron chi connectivity index (χ4n) is 5.60. The van der Waals surface area contributed by atoms with Crippen molar-refractivity contribution in [1.82, 2.24) is 10.2 Å². The Morgan fingerprint density at radius 3 is 2.31 bits per heavy atom. The van der Waals surface area contributed by atoms with Crippen molar-refractivity contribution in [3.8, 4) is 6.07 Å². The van der Waals surface area contributed by atoms with Crippen LogP contribution in [0.4, 0.5) is 17.1 Å². The van der Waals surface area contributed by atoms with Crippen LogP contribution >= 0.6 is 0 Å². The minimum absolute atomic E-state index is 0.178. The van der Waals surface area contributed by atoms with Crippen molar-refractivity contribution in [2.75, 3.05) is 60.9 Å². The molecule has 2 heterocycles. The Hall–Kier alpha value is -4.84. The number of nitrogens with zero attached hydrogens (tertiary/aromatic N) is 4. The molecule has 3 aromatic carbocycles. The molecule has 0 atom stereocenters. The first-order chi connectivity index (χ1) is 20.4. The van der Waals surface area contributed by atoms with Crippen LogP contribution in [0, 0.1) is 18.3 Å². The zero-order valence-electron chi connectivity index (χ0n) is 23.9. The lowest BCUT2D eigenvalue weighted by atomic mass is 10.1. The van der Waals surface area contributed by atoms with Crippen LogP contribution in [0.15, 0.2) is 66.7 Å². The molecule has 42 heavy (non-hydrogen) atoms. The Morgan fingerprint density at radius 1 is 0.857 bits per heavy atom. The standard InChI is InChI=1S/C33H36N6O3/c1-24-7-2-3-10-29(24)37-17-19-38(20-18-37)30-13-12-27(32(41)35-14-6-16-39-15-5-11-31(39)40)22-28(30)36-33(42)26-9-4-8-25(21-26)23-34/h2-4,7-10,12-13,21-22H,5-6,11,14-20H2,1H3,(H,35,41)(H,36,42). The van der Waals surface area contributed by atoms with Gasteiger partial charge in [-0.3, -0.25) is 14.4 Å². The van der Waals surface area contributed by atoms with Crippen LogP contribution in [0.5, 0.6) is 0 Å². The van der Waals surface area contributed by atoms with Crippen LogP contribution in [0.2, 0.25) is 0 Å². The third kappa shape index (κ3) is 6.72. The lowest BCUT2D eigenvalue weighted by Gasteiger charge is -2.38. The van der Waals surface area contributed by atoms with Gasteiger partial charge in [0.05, 0.1) is 23.0 Å². The summed E-state index contributed by atoms with van der Waals surface area (Å²) in [4.78, 5) is 44.6. The highest BCUT2D eigenvalue weighted by atomic mass is 16.2. The molecule has 2 saturated heterocycles. The highest BCUT2D eigenvalue weighted by Gasteiger charge is 2.23. The predicted molar refractivity (Wildman–Crippen MR) is 164 cm³/mol. The van der Waals surface area contributed by atoms with E-state index in [4.69, 9.17) is 0 Å². The molecule has 0 bridgehead atoms. The Bertz CT molecular complexity index is 1510. The lowest BCUT2D eigenvalue weighted by Crippen LogP contribution is -2.47. The average Bonchev–Trinajstić information content (AvgIpc) is 3.43. The second-order valence-electron chi connectivity index (χ2n) is 10.7. The van der Waals surface area contributed by atoms with E-state index < -0.39 is 0 Å². The van der Waals surface area contributed by atoms with Crippen LogP contribution < -0.4 is 20.4 Å². The van der Waals surface area contributed by atoms with Crippen LogP contribution in [0.1, 0.15) is 51.1 Å². The summed E-state index contributed by atoms with van der Waals surface area (Å²) in [5.74, 6) is -0.405. The second-order valence-corrected chi connectivity index (χ2v) is 10.7. The van der Waals surface area contributed by atoms with E-state index in [1.165, 1.54) is 11.3 Å². The minimum atomic E-state index is -0.347. The molecule has 3 amide bonds. The van der Waals surface area contributed by atoms with E-state index >= 15 is 0 Å². The van der Waals surface area contributed by atoms with E-state index in [0.29, 0.717) is 48.3 Å². The molecule has 0 radical (unpaired) electrons. The van der Waals surface area contributed by atoms with E-state index in [-0.39, 0.29) is 17.7 Å². The minimum Gasteiger partial charge on any atom is -0.368 e. The number of aryl methyl sites for hydroxylation is 1. The normalized spacial score (nSPS) is 15.0. The Morgan fingerprint density at radius 2 is 1.60 bits per heavy atom. The van der Waals surface area contributed by atoms with Crippen LogP contribution in [-0.4, -0.2) is 68.4 Å². The first-order valence-electron chi connectivity index (χ1n) is 14.5. The number of para-hydroxylation sites is 1. The summed E-state index contributed by atoms with van der Waals surface area (Å²) >= 11 is 0. The summed E-state index contributed by atoms with van der Waals surface area (Å²) in [7, 11) is 0. The van der Waals surface area contributed by atoms with E-state index in [2.05, 4.69) is 51.6 Å². The number of benzene rings is 3. The molecule has 0 unspecified atom stereocenters. The van der Waals surface area contributed by atoms with E-state index in [9.17, 15) is 19.6 Å². The largest absolute Gasteiger partial charge is 0.368 e. The molecule has 2 aliphatic rings. The SMILES string of the molecule is Cc1ccccc1N1CCN(c2ccc(C(=O)NCCCN3CCCC3=O)cc2NC(=O)c2cccc(C#N)c2)CC1. The van der Waals surface area contributed by atoms with Crippen molar-refractivity contribution in [1.29, 1.82) is 5.26 Å². The van der Waals surface area contributed by atoms with Crippen LogP contribution in [0.25, 0.3) is 0 Å². The number of likely N-dealkylation sites (tertiary alicyclic amines) is 1. The van der Waals surface area contributed by atoms with Crippen LogP contribution in [-0.2, 0) is 4.79 Å². The third-order valence-electron chi connectivity index (χ3n) is 7.90. The van der Waals surface area contributed by atoms with Gasteiger partial charge in [0, 0.05) is 69.0 Å². The van der Waals surface area contributed by atoms with Gasteiger partial charge in [0.2, 0.25) is 5.91 Å². The van der Waals surface area contributed by atoms with Crippen molar-refractivity contribution in [2.24, 2.45) is 0 Å². The summed E-state index contributed by atoms with van der Waals surface area (Å²) in [5, 5.41) is 15.2. The van der Waals surface area contributed by atoms with Gasteiger partial charge < -0.3 is 25.3 Å². The Kier molecular flexibility index (Phi) is 9.02. The highest BCUT2D eigenvalue weighted by molar-refractivity contribution is 6.07. The summed E-state index contributed by atoms with van der Waals surface area (Å²) in [6, 6.07) is 22.4. The molecular weight excluding hydrogens is 528 g/mol. The van der Waals surface area contributed by atoms with Gasteiger partial charge in [-0.25, -0.2) is 0 Å². The monoisotopic (exact) mass is 564 g/mol. The number of amides is 3. The fourth-order valence-corrected chi connectivity index (χ4v) is 5.60. The first-order valence-corrected chi connectivity index (χ1v) is 14.5. The molecule has 0 aliphatic carbocycles. The number of carbonyl (C=O) groups excluding carboxylic acids is 3. The van der Waals surface area contributed by atoms with Gasteiger partial charge in [-0.05, 0) is 67.8 Å². The quantitative estimate of drug-likeness (QED) is 0.378. The maximum Gasteiger partial charge on any atom is 0.255 e. The molecule has 0 saturated carbocycles. The van der Waals surface area contributed by atoms with Crippen molar-refractivity contribution >= 4 is 34.8 Å². The number of hydrogen-bond donors (Lipinski definition) is 2. The number of anilines is 3. The summed E-state index contributed by atoms with van der Waals surface area (Å²) in [6.07, 6.45) is 2.18. The maximum atomic E-state index is 13.3. The third-order valence-corrected chi connectivity index (χ3v) is 7.90. The smallest absolute Gasteiger partial charge is 0.255 e. The summed E-state index contributed by atoms with van der Waals surface area (Å²) < 4.78 is 0. The van der Waals surface area contributed by atoms with Crippen molar-refractivity contribution < 1.29 is 14.4 Å². The number of nitriles is 1. The number of piperazine rings is 1. The topological polar surface area (TPSA) is 109 Å². The molecule has 9 heteroatoms. The fraction of sp³-hybridized carbons (Fsp3) is 0.333. The van der Waals surface area contributed by atoms with Crippen molar-refractivity contribution in [3.05, 3.63) is 89.0 Å². The Labute approximate surface area is 246 Å². The van der Waals surface area contributed by atoms with Gasteiger partial charge in [0.1, 0.15) is 0 Å². The number of hydrogen-bond acceptors (Lipinski definition) is 6. The highest BCUT2D eigenvalue weighted by Crippen LogP contribution is 2.30. The average molecular weight is 565 g/mol. The van der Waals surface area contributed by atoms with Crippen molar-refractivity contribution in [2.45, 2.75) is 26.2 Å². The second kappa shape index (κ2) is 13.2. The number of rotatable bonds is 9. The van der Waals surface area contributed by atoms with E-state index in [1.54, 1.807) is 36.4 Å². The zero-order valence-corrected chi connectivity index (χ0v) is 23.9.